The lowest BCUT2D eigenvalue weighted by Crippen LogP contribution is -2.34. The molecule has 0 aliphatic carbocycles. The second-order valence-corrected chi connectivity index (χ2v) is 4.84. The molecule has 1 atom stereocenters. The van der Waals surface area contributed by atoms with Crippen molar-refractivity contribution in [2.45, 2.75) is 19.4 Å². The third kappa shape index (κ3) is 1.95. The fourth-order valence-electron chi connectivity index (χ4n) is 2.57. The average molecular weight is 260 g/mol. The topological polar surface area (TPSA) is 29.0 Å². The summed E-state index contributed by atoms with van der Waals surface area (Å²) < 4.78 is 0. The lowest BCUT2D eigenvalue weighted by Gasteiger charge is -2.36. The van der Waals surface area contributed by atoms with E-state index in [0.717, 1.165) is 18.8 Å². The van der Waals surface area contributed by atoms with Gasteiger partial charge in [-0.3, -0.25) is 0 Å². The molecular weight excluding hydrogens is 246 g/mol. The van der Waals surface area contributed by atoms with Gasteiger partial charge < -0.3 is 4.90 Å². The largest absolute Gasteiger partial charge is 0.349 e. The van der Waals surface area contributed by atoms with Crippen LogP contribution in [-0.2, 0) is 6.42 Å². The molecular formula is C14H14ClN3. The molecule has 2 aromatic rings. The van der Waals surface area contributed by atoms with Crippen LogP contribution in [0.2, 0.25) is 5.28 Å². The summed E-state index contributed by atoms with van der Waals surface area (Å²) in [6.07, 6.45) is 2.75. The molecule has 0 fully saturated rings. The molecule has 0 amide bonds. The first-order chi connectivity index (χ1) is 8.75. The lowest BCUT2D eigenvalue weighted by molar-refractivity contribution is 0.616. The highest BCUT2D eigenvalue weighted by molar-refractivity contribution is 6.28. The molecule has 1 aliphatic heterocycles. The molecule has 0 bridgehead atoms. The number of aromatic nitrogens is 2. The zero-order valence-corrected chi connectivity index (χ0v) is 10.9. The summed E-state index contributed by atoms with van der Waals surface area (Å²) in [6, 6.07) is 10.8. The maximum atomic E-state index is 5.86. The number of fused-ring (bicyclic) bond motifs is 1. The highest BCUT2D eigenvalue weighted by atomic mass is 35.5. The van der Waals surface area contributed by atoms with Crippen molar-refractivity contribution in [3.8, 4) is 0 Å². The molecule has 18 heavy (non-hydrogen) atoms. The summed E-state index contributed by atoms with van der Waals surface area (Å²) in [7, 11) is 0. The van der Waals surface area contributed by atoms with Crippen molar-refractivity contribution in [1.82, 2.24) is 9.97 Å². The Labute approximate surface area is 111 Å². The first kappa shape index (κ1) is 11.5. The van der Waals surface area contributed by atoms with Crippen molar-refractivity contribution in [1.29, 1.82) is 0 Å². The van der Waals surface area contributed by atoms with Gasteiger partial charge in [0.25, 0.3) is 0 Å². The van der Waals surface area contributed by atoms with E-state index in [-0.39, 0.29) is 0 Å². The summed E-state index contributed by atoms with van der Waals surface area (Å²) in [6.45, 7) is 3.17. The van der Waals surface area contributed by atoms with Gasteiger partial charge in [0, 0.05) is 12.7 Å². The Hall–Kier alpha value is -1.61. The molecule has 0 radical (unpaired) electrons. The third-order valence-corrected chi connectivity index (χ3v) is 3.68. The molecule has 2 heterocycles. The molecule has 4 heteroatoms. The quantitative estimate of drug-likeness (QED) is 0.736. The first-order valence-corrected chi connectivity index (χ1v) is 6.46. The van der Waals surface area contributed by atoms with Gasteiger partial charge in [-0.05, 0) is 42.1 Å². The summed E-state index contributed by atoms with van der Waals surface area (Å²) >= 11 is 5.86. The molecule has 1 aromatic carbocycles. The molecule has 0 spiro atoms. The van der Waals surface area contributed by atoms with E-state index in [4.69, 9.17) is 11.6 Å². The van der Waals surface area contributed by atoms with Crippen LogP contribution in [0.15, 0.2) is 36.5 Å². The van der Waals surface area contributed by atoms with Gasteiger partial charge in [-0.2, -0.15) is 0 Å². The van der Waals surface area contributed by atoms with Crippen LogP contribution in [0.5, 0.6) is 0 Å². The number of hydrogen-bond acceptors (Lipinski definition) is 3. The van der Waals surface area contributed by atoms with Crippen LogP contribution in [0.3, 0.4) is 0 Å². The Morgan fingerprint density at radius 3 is 2.94 bits per heavy atom. The van der Waals surface area contributed by atoms with Gasteiger partial charge in [0.15, 0.2) is 0 Å². The van der Waals surface area contributed by atoms with Gasteiger partial charge in [-0.1, -0.05) is 24.3 Å². The monoisotopic (exact) mass is 259 g/mol. The second kappa shape index (κ2) is 4.58. The van der Waals surface area contributed by atoms with Crippen LogP contribution in [0.1, 0.15) is 24.1 Å². The Kier molecular flexibility index (Phi) is 2.92. The van der Waals surface area contributed by atoms with E-state index in [2.05, 4.69) is 46.1 Å². The van der Waals surface area contributed by atoms with Crippen molar-refractivity contribution in [2.75, 3.05) is 11.4 Å². The average Bonchev–Trinajstić information content (AvgIpc) is 2.39. The number of nitrogens with zero attached hydrogens (tertiary/aromatic N) is 3. The standard InChI is InChI=1S/C14H14ClN3/c1-10-12-5-3-2-4-11(12)7-9-18(10)13-6-8-16-14(15)17-13/h2-6,8,10H,7,9H2,1H3. The number of anilines is 1. The number of rotatable bonds is 1. The van der Waals surface area contributed by atoms with Crippen LogP contribution in [-0.4, -0.2) is 16.5 Å². The van der Waals surface area contributed by atoms with E-state index < -0.39 is 0 Å². The predicted molar refractivity (Wildman–Crippen MR) is 72.9 cm³/mol. The van der Waals surface area contributed by atoms with Crippen LogP contribution < -0.4 is 4.90 Å². The Morgan fingerprint density at radius 2 is 2.11 bits per heavy atom. The maximum Gasteiger partial charge on any atom is 0.224 e. The van der Waals surface area contributed by atoms with E-state index in [1.54, 1.807) is 6.20 Å². The van der Waals surface area contributed by atoms with Crippen LogP contribution in [0.4, 0.5) is 5.82 Å². The molecule has 1 aromatic heterocycles. The molecule has 3 rings (SSSR count). The van der Waals surface area contributed by atoms with Crippen molar-refractivity contribution in [3.63, 3.8) is 0 Å². The first-order valence-electron chi connectivity index (χ1n) is 6.08. The zero-order valence-electron chi connectivity index (χ0n) is 10.2. The summed E-state index contributed by atoms with van der Waals surface area (Å²) in [5.74, 6) is 0.900. The zero-order chi connectivity index (χ0) is 12.5. The van der Waals surface area contributed by atoms with Gasteiger partial charge in [0.2, 0.25) is 5.28 Å². The van der Waals surface area contributed by atoms with Crippen molar-refractivity contribution in [3.05, 3.63) is 52.9 Å². The van der Waals surface area contributed by atoms with Crippen molar-refractivity contribution < 1.29 is 0 Å². The molecule has 0 N–H and O–H groups in total. The minimum Gasteiger partial charge on any atom is -0.349 e. The fourth-order valence-corrected chi connectivity index (χ4v) is 2.71. The van der Waals surface area contributed by atoms with E-state index in [1.807, 2.05) is 6.07 Å². The molecule has 1 aliphatic rings. The lowest BCUT2D eigenvalue weighted by atomic mass is 9.94. The van der Waals surface area contributed by atoms with E-state index in [9.17, 15) is 0 Å². The van der Waals surface area contributed by atoms with Crippen LogP contribution in [0.25, 0.3) is 0 Å². The SMILES string of the molecule is CC1c2ccccc2CCN1c1ccnc(Cl)n1. The molecule has 1 unspecified atom stereocenters. The molecule has 0 saturated heterocycles. The normalized spacial score (nSPS) is 18.6. The van der Waals surface area contributed by atoms with E-state index >= 15 is 0 Å². The molecule has 0 saturated carbocycles. The van der Waals surface area contributed by atoms with Gasteiger partial charge >= 0.3 is 0 Å². The van der Waals surface area contributed by atoms with Crippen LogP contribution >= 0.6 is 11.6 Å². The fraction of sp³-hybridized carbons (Fsp3) is 0.286. The maximum absolute atomic E-state index is 5.86. The summed E-state index contributed by atoms with van der Waals surface area (Å²) in [5, 5.41) is 0.304. The second-order valence-electron chi connectivity index (χ2n) is 4.50. The highest BCUT2D eigenvalue weighted by Crippen LogP contribution is 2.32. The predicted octanol–water partition coefficient (Wildman–Crippen LogP) is 3.25. The minimum absolute atomic E-state index is 0.304. The van der Waals surface area contributed by atoms with Crippen molar-refractivity contribution >= 4 is 17.4 Å². The Bertz CT molecular complexity index is 570. The Morgan fingerprint density at radius 1 is 1.28 bits per heavy atom. The van der Waals surface area contributed by atoms with Crippen LogP contribution in [0, 0.1) is 0 Å². The number of hydrogen-bond donors (Lipinski definition) is 0. The number of halogens is 1. The van der Waals surface area contributed by atoms with E-state index in [1.165, 1.54) is 11.1 Å². The van der Waals surface area contributed by atoms with Gasteiger partial charge in [-0.25, -0.2) is 9.97 Å². The third-order valence-electron chi connectivity index (χ3n) is 3.50. The minimum atomic E-state index is 0.304. The van der Waals surface area contributed by atoms with E-state index in [0.29, 0.717) is 11.3 Å². The Balaban J connectivity index is 1.97. The van der Waals surface area contributed by atoms with Crippen molar-refractivity contribution in [2.24, 2.45) is 0 Å². The van der Waals surface area contributed by atoms with Gasteiger partial charge in [-0.15, -0.1) is 0 Å². The van der Waals surface area contributed by atoms with Gasteiger partial charge in [0.05, 0.1) is 6.04 Å². The number of benzene rings is 1. The molecule has 3 nitrogen and oxygen atoms in total. The summed E-state index contributed by atoms with van der Waals surface area (Å²) in [4.78, 5) is 10.5. The smallest absolute Gasteiger partial charge is 0.224 e. The summed E-state index contributed by atoms with van der Waals surface area (Å²) in [5.41, 5.74) is 2.81. The highest BCUT2D eigenvalue weighted by Gasteiger charge is 2.24. The van der Waals surface area contributed by atoms with Gasteiger partial charge in [0.1, 0.15) is 5.82 Å². The molecule has 92 valence electrons.